The van der Waals surface area contributed by atoms with Crippen molar-refractivity contribution in [2.45, 2.75) is 13.8 Å². The van der Waals surface area contributed by atoms with Gasteiger partial charge in [0.2, 0.25) is 0 Å². The second kappa shape index (κ2) is 4.90. The molecule has 1 amide bonds. The largest absolute Gasteiger partial charge is 0.321 e. The number of amides is 1. The van der Waals surface area contributed by atoms with Crippen LogP contribution in [0.5, 0.6) is 0 Å². The van der Waals surface area contributed by atoms with Crippen LogP contribution in [0.4, 0.5) is 5.69 Å². The van der Waals surface area contributed by atoms with Crippen molar-refractivity contribution in [1.82, 2.24) is 0 Å². The van der Waals surface area contributed by atoms with Crippen molar-refractivity contribution >= 4 is 34.5 Å². The van der Waals surface area contributed by atoms with Crippen LogP contribution in [-0.2, 0) is 0 Å². The first-order valence-corrected chi connectivity index (χ1v) is 6.39. The van der Waals surface area contributed by atoms with E-state index in [-0.39, 0.29) is 5.91 Å². The highest BCUT2D eigenvalue weighted by Crippen LogP contribution is 2.22. The van der Waals surface area contributed by atoms with E-state index in [1.807, 2.05) is 32.0 Å². The van der Waals surface area contributed by atoms with E-state index in [1.165, 1.54) is 16.2 Å². The molecule has 1 aromatic carbocycles. The summed E-state index contributed by atoms with van der Waals surface area (Å²) in [4.78, 5) is 13.8. The number of carbonyl (C=O) groups is 1. The minimum atomic E-state index is -0.0894. The molecule has 0 spiro atoms. The van der Waals surface area contributed by atoms with Gasteiger partial charge in [-0.05, 0) is 43.7 Å². The number of aryl methyl sites for hydroxylation is 2. The highest BCUT2D eigenvalue weighted by Gasteiger charge is 2.10. The van der Waals surface area contributed by atoms with Crippen LogP contribution in [0.3, 0.4) is 0 Å². The summed E-state index contributed by atoms with van der Waals surface area (Å²) in [5, 5.41) is 3.44. The summed E-state index contributed by atoms with van der Waals surface area (Å²) in [5.41, 5.74) is 1.86. The summed E-state index contributed by atoms with van der Waals surface area (Å²) in [6.07, 6.45) is 0. The average Bonchev–Trinajstić information content (AvgIpc) is 2.59. The zero-order valence-electron chi connectivity index (χ0n) is 9.58. The minimum Gasteiger partial charge on any atom is -0.321 e. The fourth-order valence-corrected chi connectivity index (χ4v) is 2.56. The van der Waals surface area contributed by atoms with E-state index in [0.29, 0.717) is 10.7 Å². The molecule has 0 aliphatic rings. The number of carbonyl (C=O) groups excluding carboxylic acids is 1. The number of hydrogen-bond acceptors (Lipinski definition) is 2. The van der Waals surface area contributed by atoms with Gasteiger partial charge in [0.1, 0.15) is 0 Å². The zero-order valence-corrected chi connectivity index (χ0v) is 11.2. The molecule has 1 aromatic heterocycles. The van der Waals surface area contributed by atoms with Gasteiger partial charge in [0.05, 0.1) is 4.88 Å². The average molecular weight is 266 g/mol. The Bertz CT molecular complexity index is 543. The van der Waals surface area contributed by atoms with Crippen LogP contribution in [0.15, 0.2) is 30.3 Å². The summed E-state index contributed by atoms with van der Waals surface area (Å²) in [6, 6.07) is 9.03. The smallest absolute Gasteiger partial charge is 0.265 e. The van der Waals surface area contributed by atoms with Crippen molar-refractivity contribution < 1.29 is 4.79 Å². The van der Waals surface area contributed by atoms with Gasteiger partial charge in [0, 0.05) is 15.6 Å². The molecule has 17 heavy (non-hydrogen) atoms. The number of thiophene rings is 1. The monoisotopic (exact) mass is 265 g/mol. The maximum atomic E-state index is 11.9. The molecule has 0 fully saturated rings. The lowest BCUT2D eigenvalue weighted by Gasteiger charge is -2.03. The standard InChI is InChI=1S/C13H12ClNOS/c1-8-6-12(17-9(8)2)13(16)15-11-5-3-4-10(14)7-11/h3-7H,1-2H3,(H,15,16). The number of nitrogens with one attached hydrogen (secondary N) is 1. The number of benzene rings is 1. The first-order valence-electron chi connectivity index (χ1n) is 5.20. The molecule has 0 radical (unpaired) electrons. The van der Waals surface area contributed by atoms with Crippen LogP contribution in [0.2, 0.25) is 5.02 Å². The molecule has 1 heterocycles. The summed E-state index contributed by atoms with van der Waals surface area (Å²) in [6.45, 7) is 4.01. The molecule has 0 atom stereocenters. The van der Waals surface area contributed by atoms with E-state index in [1.54, 1.807) is 12.1 Å². The van der Waals surface area contributed by atoms with Crippen molar-refractivity contribution in [3.63, 3.8) is 0 Å². The van der Waals surface area contributed by atoms with Crippen molar-refractivity contribution in [3.05, 3.63) is 50.7 Å². The van der Waals surface area contributed by atoms with Crippen molar-refractivity contribution in [3.8, 4) is 0 Å². The minimum absolute atomic E-state index is 0.0894. The van der Waals surface area contributed by atoms with Crippen molar-refractivity contribution in [1.29, 1.82) is 0 Å². The van der Waals surface area contributed by atoms with Gasteiger partial charge < -0.3 is 5.32 Å². The van der Waals surface area contributed by atoms with Crippen LogP contribution in [-0.4, -0.2) is 5.91 Å². The van der Waals surface area contributed by atoms with Crippen LogP contribution in [0, 0.1) is 13.8 Å². The molecule has 4 heteroatoms. The summed E-state index contributed by atoms with van der Waals surface area (Å²) < 4.78 is 0. The molecule has 88 valence electrons. The van der Waals surface area contributed by atoms with Crippen molar-refractivity contribution in [2.24, 2.45) is 0 Å². The predicted molar refractivity (Wildman–Crippen MR) is 73.2 cm³/mol. The third-order valence-corrected chi connectivity index (χ3v) is 3.86. The van der Waals surface area contributed by atoms with E-state index in [4.69, 9.17) is 11.6 Å². The number of halogens is 1. The predicted octanol–water partition coefficient (Wildman–Crippen LogP) is 4.27. The van der Waals surface area contributed by atoms with Gasteiger partial charge in [-0.25, -0.2) is 0 Å². The summed E-state index contributed by atoms with van der Waals surface area (Å²) >= 11 is 7.36. The van der Waals surface area contributed by atoms with Gasteiger partial charge in [-0.15, -0.1) is 11.3 Å². The van der Waals surface area contributed by atoms with Gasteiger partial charge >= 0.3 is 0 Å². The fourth-order valence-electron chi connectivity index (χ4n) is 1.44. The maximum absolute atomic E-state index is 11.9. The Morgan fingerprint density at radius 1 is 1.29 bits per heavy atom. The molecule has 0 aliphatic heterocycles. The van der Waals surface area contributed by atoms with E-state index in [2.05, 4.69) is 5.32 Å². The number of anilines is 1. The molecular formula is C13H12ClNOS. The van der Waals surface area contributed by atoms with Crippen LogP contribution >= 0.6 is 22.9 Å². The molecular weight excluding hydrogens is 254 g/mol. The Balaban J connectivity index is 2.17. The molecule has 0 saturated carbocycles. The van der Waals surface area contributed by atoms with Crippen molar-refractivity contribution in [2.75, 3.05) is 5.32 Å². The van der Waals surface area contributed by atoms with Crippen LogP contribution < -0.4 is 5.32 Å². The third kappa shape index (κ3) is 2.87. The fraction of sp³-hybridized carbons (Fsp3) is 0.154. The normalized spacial score (nSPS) is 10.3. The van der Waals surface area contributed by atoms with E-state index in [9.17, 15) is 4.79 Å². The Hall–Kier alpha value is -1.32. The van der Waals surface area contributed by atoms with E-state index in [0.717, 1.165) is 10.4 Å². The highest BCUT2D eigenvalue weighted by molar-refractivity contribution is 7.14. The first kappa shape index (κ1) is 12.1. The SMILES string of the molecule is Cc1cc(C(=O)Nc2cccc(Cl)c2)sc1C. The number of hydrogen-bond donors (Lipinski definition) is 1. The lowest BCUT2D eigenvalue weighted by Crippen LogP contribution is -2.09. The summed E-state index contributed by atoms with van der Waals surface area (Å²) in [7, 11) is 0. The molecule has 2 nitrogen and oxygen atoms in total. The Labute approximate surface area is 109 Å². The molecule has 1 N–H and O–H groups in total. The van der Waals surface area contributed by atoms with Gasteiger partial charge in [-0.3, -0.25) is 4.79 Å². The molecule has 0 bridgehead atoms. The molecule has 0 unspecified atom stereocenters. The lowest BCUT2D eigenvalue weighted by molar-refractivity contribution is 0.103. The Morgan fingerprint density at radius 2 is 2.06 bits per heavy atom. The molecule has 0 saturated heterocycles. The van der Waals surface area contributed by atoms with E-state index < -0.39 is 0 Å². The maximum Gasteiger partial charge on any atom is 0.265 e. The Morgan fingerprint density at radius 3 is 2.65 bits per heavy atom. The van der Waals surface area contributed by atoms with Gasteiger partial charge in [0.25, 0.3) is 5.91 Å². The van der Waals surface area contributed by atoms with Crippen LogP contribution in [0.25, 0.3) is 0 Å². The molecule has 2 rings (SSSR count). The second-order valence-corrected chi connectivity index (χ2v) is 5.51. The quantitative estimate of drug-likeness (QED) is 0.863. The van der Waals surface area contributed by atoms with E-state index >= 15 is 0 Å². The Kier molecular flexibility index (Phi) is 3.50. The van der Waals surface area contributed by atoms with Gasteiger partial charge in [-0.1, -0.05) is 17.7 Å². The molecule has 0 aliphatic carbocycles. The summed E-state index contributed by atoms with van der Waals surface area (Å²) in [5.74, 6) is -0.0894. The first-order chi connectivity index (χ1) is 8.06. The second-order valence-electron chi connectivity index (χ2n) is 3.81. The van der Waals surface area contributed by atoms with Gasteiger partial charge in [0.15, 0.2) is 0 Å². The third-order valence-electron chi connectivity index (χ3n) is 2.47. The lowest BCUT2D eigenvalue weighted by atomic mass is 10.2. The van der Waals surface area contributed by atoms with Gasteiger partial charge in [-0.2, -0.15) is 0 Å². The number of rotatable bonds is 2. The molecule has 2 aromatic rings. The topological polar surface area (TPSA) is 29.1 Å². The highest BCUT2D eigenvalue weighted by atomic mass is 35.5. The zero-order chi connectivity index (χ0) is 12.4. The van der Waals surface area contributed by atoms with Crippen LogP contribution in [0.1, 0.15) is 20.1 Å².